The number of carbonyl (C=O) groups is 1. The van der Waals surface area contributed by atoms with E-state index in [4.69, 9.17) is 4.74 Å². The van der Waals surface area contributed by atoms with E-state index in [1.807, 2.05) is 13.8 Å². The fraction of sp³-hybridized carbons (Fsp3) is 0.968. The zero-order valence-corrected chi connectivity index (χ0v) is 23.4. The number of aliphatic hydroxyl groups is 1. The largest absolute Gasteiger partial charge is 0.388 e. The van der Waals surface area contributed by atoms with Gasteiger partial charge in [-0.15, -0.1) is 0 Å². The van der Waals surface area contributed by atoms with Crippen LogP contribution >= 0.6 is 0 Å². The second-order valence-electron chi connectivity index (χ2n) is 15.2. The summed E-state index contributed by atoms with van der Waals surface area (Å²) in [6.07, 6.45) is 13.5. The van der Waals surface area contributed by atoms with Gasteiger partial charge in [0.05, 0.1) is 11.7 Å². The monoisotopic (exact) mass is 472 g/mol. The van der Waals surface area contributed by atoms with Crippen LogP contribution in [0.2, 0.25) is 0 Å². The lowest BCUT2D eigenvalue weighted by molar-refractivity contribution is -0.157. The van der Waals surface area contributed by atoms with Crippen molar-refractivity contribution in [2.75, 3.05) is 7.11 Å². The molecule has 0 aromatic rings. The molecule has 5 aliphatic carbocycles. The number of hydrogen-bond acceptors (Lipinski definition) is 3. The molecule has 0 amide bonds. The summed E-state index contributed by atoms with van der Waals surface area (Å²) in [6.45, 7) is 16.1. The van der Waals surface area contributed by atoms with Gasteiger partial charge in [0.15, 0.2) is 0 Å². The third-order valence-corrected chi connectivity index (χ3v) is 13.6. The van der Waals surface area contributed by atoms with Gasteiger partial charge in [0.2, 0.25) is 0 Å². The summed E-state index contributed by atoms with van der Waals surface area (Å²) in [5, 5.41) is 10.5. The number of rotatable bonds is 6. The van der Waals surface area contributed by atoms with Crippen LogP contribution in [0.3, 0.4) is 0 Å². The number of ketones is 1. The Balaban J connectivity index is 1.36. The molecule has 5 fully saturated rings. The molecule has 0 bridgehead atoms. The van der Waals surface area contributed by atoms with Crippen LogP contribution in [0.25, 0.3) is 0 Å². The number of Topliss-reactive ketones (excluding diaryl/α,β-unsaturated/α-hetero) is 1. The van der Waals surface area contributed by atoms with Crippen molar-refractivity contribution in [2.24, 2.45) is 50.7 Å². The van der Waals surface area contributed by atoms with E-state index in [9.17, 15) is 9.90 Å². The van der Waals surface area contributed by atoms with E-state index < -0.39 is 5.60 Å². The Hall–Kier alpha value is -0.410. The summed E-state index contributed by atoms with van der Waals surface area (Å²) in [4.78, 5) is 12.9. The van der Waals surface area contributed by atoms with E-state index in [0.717, 1.165) is 31.1 Å². The van der Waals surface area contributed by atoms with Gasteiger partial charge in [-0.05, 0) is 123 Å². The first kappa shape index (κ1) is 25.2. The van der Waals surface area contributed by atoms with E-state index in [1.165, 1.54) is 51.4 Å². The van der Waals surface area contributed by atoms with Gasteiger partial charge in [-0.25, -0.2) is 0 Å². The van der Waals surface area contributed by atoms with Crippen molar-refractivity contribution >= 4 is 5.78 Å². The van der Waals surface area contributed by atoms with Gasteiger partial charge in [0.25, 0.3) is 0 Å². The Bertz CT molecular complexity index is 840. The molecule has 34 heavy (non-hydrogen) atoms. The molecule has 9 atom stereocenters. The Labute approximate surface area is 209 Å². The zero-order chi connectivity index (χ0) is 24.9. The second-order valence-corrected chi connectivity index (χ2v) is 15.2. The van der Waals surface area contributed by atoms with Crippen LogP contribution in [-0.2, 0) is 9.53 Å². The summed E-state index contributed by atoms with van der Waals surface area (Å²) in [7, 11) is 1.74. The first-order valence-corrected chi connectivity index (χ1v) is 14.5. The van der Waals surface area contributed by atoms with Crippen molar-refractivity contribution in [1.82, 2.24) is 0 Å². The number of carbonyl (C=O) groups excluding carboxylic acids is 1. The molecule has 5 unspecified atom stereocenters. The minimum atomic E-state index is -0.784. The van der Waals surface area contributed by atoms with Gasteiger partial charge in [-0.2, -0.15) is 0 Å². The van der Waals surface area contributed by atoms with Crippen LogP contribution in [0, 0.1) is 50.7 Å². The summed E-state index contributed by atoms with van der Waals surface area (Å²) < 4.78 is 5.67. The molecule has 0 heterocycles. The number of methoxy groups -OCH3 is 1. The Morgan fingerprint density at radius 1 is 0.941 bits per heavy atom. The predicted molar refractivity (Wildman–Crippen MR) is 137 cm³/mol. The lowest BCUT2D eigenvalue weighted by Gasteiger charge is -2.62. The van der Waals surface area contributed by atoms with Crippen LogP contribution in [0.1, 0.15) is 119 Å². The molecule has 5 aliphatic rings. The molecule has 2 spiro atoms. The molecule has 5 saturated carbocycles. The minimum Gasteiger partial charge on any atom is -0.388 e. The van der Waals surface area contributed by atoms with E-state index in [0.29, 0.717) is 39.3 Å². The molecule has 0 aromatic carbocycles. The first-order chi connectivity index (χ1) is 15.7. The average molecular weight is 473 g/mol. The topological polar surface area (TPSA) is 46.5 Å². The fourth-order valence-corrected chi connectivity index (χ4v) is 11.5. The molecule has 0 radical (unpaired) electrons. The fourth-order valence-electron chi connectivity index (χ4n) is 11.5. The molecule has 1 N–H and O–H groups in total. The molecule has 0 saturated heterocycles. The second kappa shape index (κ2) is 7.56. The van der Waals surface area contributed by atoms with Crippen LogP contribution in [0.5, 0.6) is 0 Å². The van der Waals surface area contributed by atoms with Crippen LogP contribution < -0.4 is 0 Å². The lowest BCUT2D eigenvalue weighted by Crippen LogP contribution is -2.57. The Kier molecular flexibility index (Phi) is 5.61. The smallest absolute Gasteiger partial charge is 0.138 e. The maximum atomic E-state index is 12.9. The highest BCUT2D eigenvalue weighted by Crippen LogP contribution is 2.88. The maximum absolute atomic E-state index is 12.9. The molecule has 194 valence electrons. The van der Waals surface area contributed by atoms with Crippen molar-refractivity contribution in [3.8, 4) is 0 Å². The average Bonchev–Trinajstić information content (AvgIpc) is 3.33. The van der Waals surface area contributed by atoms with Crippen LogP contribution in [-0.4, -0.2) is 29.7 Å². The molecule has 3 heteroatoms. The van der Waals surface area contributed by atoms with E-state index in [-0.39, 0.29) is 11.5 Å². The number of fused-ring (bicyclic) bond motifs is 2. The molecular formula is C31H52O3. The highest BCUT2D eigenvalue weighted by atomic mass is 16.5. The molecular weight excluding hydrogens is 420 g/mol. The minimum absolute atomic E-state index is 0.0934. The van der Waals surface area contributed by atoms with Gasteiger partial charge in [-0.3, -0.25) is 4.79 Å². The summed E-state index contributed by atoms with van der Waals surface area (Å²) >= 11 is 0. The maximum Gasteiger partial charge on any atom is 0.138 e. The van der Waals surface area contributed by atoms with Crippen LogP contribution in [0.4, 0.5) is 0 Å². The van der Waals surface area contributed by atoms with Crippen molar-refractivity contribution < 1.29 is 14.6 Å². The van der Waals surface area contributed by atoms with Gasteiger partial charge >= 0.3 is 0 Å². The summed E-state index contributed by atoms with van der Waals surface area (Å²) in [6, 6.07) is 0. The standard InChI is InChI=1S/C31H52O3/c1-20(9-12-25(34-8)27(4,5)33)21-13-15-29(7)23-11-10-22-26(2,3)24(32)14-16-30(22)19-31(23,30)18-17-28(21,29)6/h20-23,25,33H,9-19H2,1-8H3/t20-,21-,22?,23?,25?,28-,29+,30?,31?/m1/s1. The zero-order valence-electron chi connectivity index (χ0n) is 23.4. The number of hydrogen-bond donors (Lipinski definition) is 1. The van der Waals surface area contributed by atoms with E-state index in [2.05, 4.69) is 34.6 Å². The Morgan fingerprint density at radius 3 is 2.24 bits per heavy atom. The third kappa shape index (κ3) is 3.04. The Morgan fingerprint density at radius 2 is 1.59 bits per heavy atom. The van der Waals surface area contributed by atoms with Gasteiger partial charge in [0, 0.05) is 18.9 Å². The van der Waals surface area contributed by atoms with Crippen molar-refractivity contribution in [2.45, 2.75) is 131 Å². The SMILES string of the molecule is COC(CC[C@@H](C)[C@H]1CC[C@@]2(C)C3CCC4C(C)(C)C(=O)CCC45CC35CC[C@]12C)C(C)(C)O. The molecule has 5 rings (SSSR count). The normalized spacial score (nSPS) is 48.9. The lowest BCUT2D eigenvalue weighted by atomic mass is 9.42. The summed E-state index contributed by atoms with van der Waals surface area (Å²) in [5.41, 5.74) is 0.951. The first-order valence-electron chi connectivity index (χ1n) is 14.5. The molecule has 3 nitrogen and oxygen atoms in total. The quantitative estimate of drug-likeness (QED) is 0.445. The van der Waals surface area contributed by atoms with Crippen molar-refractivity contribution in [3.63, 3.8) is 0 Å². The number of ether oxygens (including phenoxy) is 1. The van der Waals surface area contributed by atoms with Crippen LogP contribution in [0.15, 0.2) is 0 Å². The van der Waals surface area contributed by atoms with E-state index >= 15 is 0 Å². The van der Waals surface area contributed by atoms with E-state index in [1.54, 1.807) is 7.11 Å². The van der Waals surface area contributed by atoms with Gasteiger partial charge < -0.3 is 9.84 Å². The van der Waals surface area contributed by atoms with Crippen molar-refractivity contribution in [1.29, 1.82) is 0 Å². The molecule has 0 aliphatic heterocycles. The van der Waals surface area contributed by atoms with Gasteiger partial charge in [-0.1, -0.05) is 34.6 Å². The highest BCUT2D eigenvalue weighted by Gasteiger charge is 2.82. The van der Waals surface area contributed by atoms with Crippen molar-refractivity contribution in [3.05, 3.63) is 0 Å². The third-order valence-electron chi connectivity index (χ3n) is 13.6. The van der Waals surface area contributed by atoms with Gasteiger partial charge in [0.1, 0.15) is 5.78 Å². The molecule has 0 aromatic heterocycles. The summed E-state index contributed by atoms with van der Waals surface area (Å²) in [5.74, 6) is 3.43. The predicted octanol–water partition coefficient (Wildman–Crippen LogP) is 7.20. The highest BCUT2D eigenvalue weighted by molar-refractivity contribution is 5.86.